The van der Waals surface area contributed by atoms with E-state index in [-0.39, 0.29) is 11.7 Å². The fraction of sp³-hybridized carbons (Fsp3) is 0.188. The number of thioether (sulfide) groups is 1. The molecule has 134 valence electrons. The third-order valence-corrected chi connectivity index (χ3v) is 4.24. The van der Waals surface area contributed by atoms with E-state index >= 15 is 0 Å². The molecule has 0 aliphatic rings. The zero-order valence-electron chi connectivity index (χ0n) is 13.8. The molecule has 9 nitrogen and oxygen atoms in total. The van der Waals surface area contributed by atoms with Gasteiger partial charge in [-0.05, 0) is 40.8 Å². The average Bonchev–Trinajstić information content (AvgIpc) is 3.35. The van der Waals surface area contributed by atoms with Gasteiger partial charge in [-0.15, -0.1) is 5.10 Å². The molecule has 3 aromatic rings. The standard InChI is InChI=1S/C16H15N5O4S/c1-24-15(23)11-4-2-5-12(8-11)21-16(18-19-20-21)26-10-14(22)17-9-13-6-3-7-25-13/h2-8H,9-10H2,1H3,(H,17,22). The molecular formula is C16H15N5O4S. The molecule has 1 aromatic carbocycles. The minimum Gasteiger partial charge on any atom is -0.467 e. The van der Waals surface area contributed by atoms with Gasteiger partial charge in [-0.3, -0.25) is 4.79 Å². The first-order valence-electron chi connectivity index (χ1n) is 7.56. The number of nitrogens with zero attached hydrogens (tertiary/aromatic N) is 4. The lowest BCUT2D eigenvalue weighted by molar-refractivity contribution is -0.118. The first-order valence-corrected chi connectivity index (χ1v) is 8.55. The number of hydrogen-bond acceptors (Lipinski definition) is 8. The van der Waals surface area contributed by atoms with E-state index in [4.69, 9.17) is 9.15 Å². The lowest BCUT2D eigenvalue weighted by atomic mass is 10.2. The van der Waals surface area contributed by atoms with E-state index < -0.39 is 5.97 Å². The highest BCUT2D eigenvalue weighted by atomic mass is 32.2. The van der Waals surface area contributed by atoms with Gasteiger partial charge in [0, 0.05) is 0 Å². The van der Waals surface area contributed by atoms with Crippen molar-refractivity contribution in [2.45, 2.75) is 11.7 Å². The van der Waals surface area contributed by atoms with Crippen LogP contribution in [0.1, 0.15) is 16.1 Å². The van der Waals surface area contributed by atoms with Crippen molar-refractivity contribution in [3.63, 3.8) is 0 Å². The van der Waals surface area contributed by atoms with Gasteiger partial charge in [0.15, 0.2) is 0 Å². The Bertz CT molecular complexity index is 894. The van der Waals surface area contributed by atoms with Gasteiger partial charge in [0.1, 0.15) is 5.76 Å². The summed E-state index contributed by atoms with van der Waals surface area (Å²) in [6, 6.07) is 10.2. The van der Waals surface area contributed by atoms with Gasteiger partial charge in [0.2, 0.25) is 11.1 Å². The lowest BCUT2D eigenvalue weighted by Gasteiger charge is -2.06. The first kappa shape index (κ1) is 17.7. The minimum atomic E-state index is -0.452. The number of carbonyl (C=O) groups is 2. The van der Waals surface area contributed by atoms with Crippen molar-refractivity contribution in [1.29, 1.82) is 0 Å². The number of hydrogen-bond donors (Lipinski definition) is 1. The Balaban J connectivity index is 1.63. The molecule has 1 N–H and O–H groups in total. The number of carbonyl (C=O) groups excluding carboxylic acids is 2. The summed E-state index contributed by atoms with van der Waals surface area (Å²) in [5, 5.41) is 14.6. The number of nitrogens with one attached hydrogen (secondary N) is 1. The average molecular weight is 373 g/mol. The number of aromatic nitrogens is 4. The van der Waals surface area contributed by atoms with E-state index in [0.717, 1.165) is 0 Å². The number of benzene rings is 1. The zero-order chi connectivity index (χ0) is 18.4. The number of amides is 1. The van der Waals surface area contributed by atoms with Crippen LogP contribution in [0.3, 0.4) is 0 Å². The quantitative estimate of drug-likeness (QED) is 0.489. The molecule has 0 aliphatic heterocycles. The van der Waals surface area contributed by atoms with Crippen LogP contribution in [0.25, 0.3) is 5.69 Å². The predicted molar refractivity (Wildman–Crippen MR) is 91.8 cm³/mol. The summed E-state index contributed by atoms with van der Waals surface area (Å²) in [7, 11) is 1.31. The van der Waals surface area contributed by atoms with Gasteiger partial charge in [-0.25, -0.2) is 4.79 Å². The van der Waals surface area contributed by atoms with Crippen LogP contribution < -0.4 is 5.32 Å². The number of tetrazole rings is 1. The zero-order valence-corrected chi connectivity index (χ0v) is 14.6. The Morgan fingerprint density at radius 2 is 2.19 bits per heavy atom. The van der Waals surface area contributed by atoms with Crippen LogP contribution in [0.4, 0.5) is 0 Å². The summed E-state index contributed by atoms with van der Waals surface area (Å²) < 4.78 is 11.3. The van der Waals surface area contributed by atoms with Gasteiger partial charge in [0.25, 0.3) is 0 Å². The highest BCUT2D eigenvalue weighted by Gasteiger charge is 2.13. The van der Waals surface area contributed by atoms with Crippen molar-refractivity contribution in [3.8, 4) is 5.69 Å². The molecule has 0 radical (unpaired) electrons. The Morgan fingerprint density at radius 3 is 2.96 bits per heavy atom. The van der Waals surface area contributed by atoms with E-state index in [1.807, 2.05) is 0 Å². The van der Waals surface area contributed by atoms with E-state index in [0.29, 0.717) is 28.7 Å². The van der Waals surface area contributed by atoms with Crippen LogP contribution in [0.2, 0.25) is 0 Å². The largest absolute Gasteiger partial charge is 0.467 e. The second kappa shape index (κ2) is 8.30. The molecule has 1 amide bonds. The summed E-state index contributed by atoms with van der Waals surface area (Å²) in [5.74, 6) is 0.182. The molecule has 0 spiro atoms. The summed E-state index contributed by atoms with van der Waals surface area (Å²) in [6.45, 7) is 0.318. The molecule has 2 heterocycles. The van der Waals surface area contributed by atoms with Crippen LogP contribution >= 0.6 is 11.8 Å². The number of esters is 1. The van der Waals surface area contributed by atoms with Crippen LogP contribution in [0.15, 0.2) is 52.2 Å². The van der Waals surface area contributed by atoms with Crippen LogP contribution in [0.5, 0.6) is 0 Å². The van der Waals surface area contributed by atoms with Gasteiger partial charge in [-0.1, -0.05) is 17.8 Å². The molecule has 26 heavy (non-hydrogen) atoms. The van der Waals surface area contributed by atoms with Gasteiger partial charge in [-0.2, -0.15) is 4.68 Å². The normalized spacial score (nSPS) is 10.5. The van der Waals surface area contributed by atoms with Crippen molar-refractivity contribution in [2.75, 3.05) is 12.9 Å². The molecule has 0 saturated heterocycles. The SMILES string of the molecule is COC(=O)c1cccc(-n2nnnc2SCC(=O)NCc2ccco2)c1. The lowest BCUT2D eigenvalue weighted by Crippen LogP contribution is -2.24. The summed E-state index contributed by atoms with van der Waals surface area (Å²) in [5.41, 5.74) is 0.976. The van der Waals surface area contributed by atoms with Crippen LogP contribution in [-0.4, -0.2) is 44.9 Å². The molecule has 0 unspecified atom stereocenters. The number of methoxy groups -OCH3 is 1. The third kappa shape index (κ3) is 4.28. The van der Waals surface area contributed by atoms with E-state index in [1.165, 1.54) is 23.6 Å². The molecule has 2 aromatic heterocycles. The minimum absolute atomic E-state index is 0.137. The van der Waals surface area contributed by atoms with Crippen molar-refractivity contribution >= 4 is 23.6 Å². The van der Waals surface area contributed by atoms with E-state index in [9.17, 15) is 9.59 Å². The summed E-state index contributed by atoms with van der Waals surface area (Å²) >= 11 is 1.18. The Morgan fingerprint density at radius 1 is 1.31 bits per heavy atom. The summed E-state index contributed by atoms with van der Waals surface area (Å²) in [4.78, 5) is 23.6. The maximum absolute atomic E-state index is 12.0. The molecule has 0 fully saturated rings. The van der Waals surface area contributed by atoms with E-state index in [2.05, 4.69) is 20.8 Å². The maximum atomic E-state index is 12.0. The Labute approximate surface area is 152 Å². The van der Waals surface area contributed by atoms with Crippen LogP contribution in [-0.2, 0) is 16.1 Å². The molecule has 0 saturated carbocycles. The number of ether oxygens (including phenoxy) is 1. The van der Waals surface area contributed by atoms with Crippen molar-refractivity contribution in [1.82, 2.24) is 25.5 Å². The molecule has 0 bridgehead atoms. The topological polar surface area (TPSA) is 112 Å². The maximum Gasteiger partial charge on any atom is 0.337 e. The highest BCUT2D eigenvalue weighted by Crippen LogP contribution is 2.19. The van der Waals surface area contributed by atoms with Crippen molar-refractivity contribution in [2.24, 2.45) is 0 Å². The van der Waals surface area contributed by atoms with E-state index in [1.54, 1.807) is 42.7 Å². The molecule has 0 aliphatic carbocycles. The fourth-order valence-electron chi connectivity index (χ4n) is 2.09. The number of rotatable bonds is 7. The molecule has 0 atom stereocenters. The third-order valence-electron chi connectivity index (χ3n) is 3.32. The highest BCUT2D eigenvalue weighted by molar-refractivity contribution is 7.99. The van der Waals surface area contributed by atoms with Crippen LogP contribution in [0, 0.1) is 0 Å². The predicted octanol–water partition coefficient (Wildman–Crippen LogP) is 1.45. The van der Waals surface area contributed by atoms with Gasteiger partial charge in [0.05, 0.1) is 36.9 Å². The Kier molecular flexibility index (Phi) is 5.64. The fourth-order valence-corrected chi connectivity index (χ4v) is 2.81. The van der Waals surface area contributed by atoms with Gasteiger partial charge < -0.3 is 14.5 Å². The monoisotopic (exact) mass is 373 g/mol. The number of furan rings is 1. The second-order valence-corrected chi connectivity index (χ2v) is 6.00. The molecular weight excluding hydrogens is 358 g/mol. The second-order valence-electron chi connectivity index (χ2n) is 5.06. The Hall–Kier alpha value is -3.14. The van der Waals surface area contributed by atoms with Crippen molar-refractivity contribution < 1.29 is 18.7 Å². The first-order chi connectivity index (χ1) is 12.7. The molecule has 10 heteroatoms. The van der Waals surface area contributed by atoms with Gasteiger partial charge >= 0.3 is 5.97 Å². The smallest absolute Gasteiger partial charge is 0.337 e. The van der Waals surface area contributed by atoms with Crippen molar-refractivity contribution in [3.05, 3.63) is 54.0 Å². The summed E-state index contributed by atoms with van der Waals surface area (Å²) in [6.07, 6.45) is 1.55. The molecule has 3 rings (SSSR count).